The molecule has 0 saturated carbocycles. The molecule has 1 unspecified atom stereocenters. The van der Waals surface area contributed by atoms with Crippen LogP contribution in [-0.4, -0.2) is 36.5 Å². The smallest absolute Gasteiger partial charge is 0.337 e. The Morgan fingerprint density at radius 3 is 2.65 bits per heavy atom. The number of nitrogens with one attached hydrogen (secondary N) is 1. The van der Waals surface area contributed by atoms with Gasteiger partial charge in [-0.2, -0.15) is 0 Å². The standard InChI is InChI=1S/C21H24N2O3/c1-15-5-3-6-16(13-15)14-23-12-4-7-19(23)20(24)22-18-10-8-17(9-11-18)21(25)26-2/h3,5-6,8-11,13,19H,4,7,12,14H2,1-2H3,(H,22,24). The van der Waals surface area contributed by atoms with Crippen LogP contribution in [0.1, 0.15) is 34.3 Å². The number of nitrogens with zero attached hydrogens (tertiary/aromatic N) is 1. The lowest BCUT2D eigenvalue weighted by Crippen LogP contribution is -2.39. The van der Waals surface area contributed by atoms with Crippen LogP contribution < -0.4 is 5.32 Å². The lowest BCUT2D eigenvalue weighted by atomic mass is 10.1. The Hall–Kier alpha value is -2.66. The number of aryl methyl sites for hydroxylation is 1. The van der Waals surface area contributed by atoms with E-state index in [9.17, 15) is 9.59 Å². The van der Waals surface area contributed by atoms with Gasteiger partial charge in [-0.25, -0.2) is 4.79 Å². The molecule has 1 aliphatic rings. The maximum Gasteiger partial charge on any atom is 0.337 e. The zero-order chi connectivity index (χ0) is 18.5. The molecule has 136 valence electrons. The molecule has 1 amide bonds. The van der Waals surface area contributed by atoms with Crippen molar-refractivity contribution in [2.75, 3.05) is 19.0 Å². The van der Waals surface area contributed by atoms with Crippen LogP contribution in [0.3, 0.4) is 0 Å². The van der Waals surface area contributed by atoms with E-state index in [4.69, 9.17) is 0 Å². The highest BCUT2D eigenvalue weighted by Gasteiger charge is 2.30. The number of likely N-dealkylation sites (tertiary alicyclic amines) is 1. The number of carbonyl (C=O) groups excluding carboxylic acids is 2. The lowest BCUT2D eigenvalue weighted by molar-refractivity contribution is -0.120. The first-order chi connectivity index (χ1) is 12.6. The van der Waals surface area contributed by atoms with Crippen LogP contribution in [0.4, 0.5) is 5.69 Å². The molecule has 3 rings (SSSR count). The predicted molar refractivity (Wildman–Crippen MR) is 101 cm³/mol. The van der Waals surface area contributed by atoms with E-state index in [2.05, 4.69) is 46.1 Å². The van der Waals surface area contributed by atoms with E-state index in [-0.39, 0.29) is 17.9 Å². The molecule has 1 aliphatic heterocycles. The Labute approximate surface area is 154 Å². The Bertz CT molecular complexity index is 786. The number of carbonyl (C=O) groups is 2. The van der Waals surface area contributed by atoms with Gasteiger partial charge < -0.3 is 10.1 Å². The third kappa shape index (κ3) is 4.29. The Morgan fingerprint density at radius 2 is 1.96 bits per heavy atom. The summed E-state index contributed by atoms with van der Waals surface area (Å²) < 4.78 is 4.68. The molecule has 0 spiro atoms. The highest BCUT2D eigenvalue weighted by Crippen LogP contribution is 2.22. The fourth-order valence-corrected chi connectivity index (χ4v) is 3.39. The first-order valence-corrected chi connectivity index (χ1v) is 8.85. The molecule has 5 nitrogen and oxygen atoms in total. The molecule has 5 heteroatoms. The van der Waals surface area contributed by atoms with E-state index in [1.165, 1.54) is 18.2 Å². The quantitative estimate of drug-likeness (QED) is 0.838. The van der Waals surface area contributed by atoms with Gasteiger partial charge in [0.2, 0.25) is 5.91 Å². The molecule has 1 fully saturated rings. The molecule has 0 bridgehead atoms. The summed E-state index contributed by atoms with van der Waals surface area (Å²) in [7, 11) is 1.35. The van der Waals surface area contributed by atoms with Gasteiger partial charge in [-0.1, -0.05) is 29.8 Å². The van der Waals surface area contributed by atoms with Crippen molar-refractivity contribution >= 4 is 17.6 Å². The summed E-state index contributed by atoms with van der Waals surface area (Å²) in [6.45, 7) is 3.78. The normalized spacial score (nSPS) is 17.1. The van der Waals surface area contributed by atoms with Gasteiger partial charge in [-0.15, -0.1) is 0 Å². The second kappa shape index (κ2) is 8.15. The zero-order valence-electron chi connectivity index (χ0n) is 15.2. The van der Waals surface area contributed by atoms with E-state index in [1.807, 2.05) is 0 Å². The minimum atomic E-state index is -0.386. The van der Waals surface area contributed by atoms with E-state index in [0.717, 1.165) is 25.9 Å². The molecule has 1 heterocycles. The molecule has 2 aromatic carbocycles. The van der Waals surface area contributed by atoms with E-state index < -0.39 is 0 Å². The van der Waals surface area contributed by atoms with Crippen LogP contribution in [0.25, 0.3) is 0 Å². The first-order valence-electron chi connectivity index (χ1n) is 8.85. The zero-order valence-corrected chi connectivity index (χ0v) is 15.2. The average molecular weight is 352 g/mol. The van der Waals surface area contributed by atoms with Crippen LogP contribution in [0, 0.1) is 6.92 Å². The highest BCUT2D eigenvalue weighted by atomic mass is 16.5. The Morgan fingerprint density at radius 1 is 1.19 bits per heavy atom. The summed E-state index contributed by atoms with van der Waals surface area (Å²) in [5.74, 6) is -0.385. The van der Waals surface area contributed by atoms with Crippen LogP contribution in [0.2, 0.25) is 0 Å². The van der Waals surface area contributed by atoms with Crippen LogP contribution in [-0.2, 0) is 16.1 Å². The third-order valence-electron chi connectivity index (χ3n) is 4.71. The highest BCUT2D eigenvalue weighted by molar-refractivity contribution is 5.96. The number of rotatable bonds is 5. The summed E-state index contributed by atoms with van der Waals surface area (Å²) in [5.41, 5.74) is 3.61. The van der Waals surface area contributed by atoms with Crippen molar-refractivity contribution in [3.8, 4) is 0 Å². The Balaban J connectivity index is 1.63. The molecular weight excluding hydrogens is 328 g/mol. The third-order valence-corrected chi connectivity index (χ3v) is 4.71. The van der Waals surface area contributed by atoms with E-state index in [1.54, 1.807) is 24.3 Å². The number of ether oxygens (including phenoxy) is 1. The fraction of sp³-hybridized carbons (Fsp3) is 0.333. The van der Waals surface area contributed by atoms with E-state index in [0.29, 0.717) is 11.3 Å². The largest absolute Gasteiger partial charge is 0.465 e. The molecule has 0 aliphatic carbocycles. The summed E-state index contributed by atoms with van der Waals surface area (Å²) >= 11 is 0. The average Bonchev–Trinajstić information content (AvgIpc) is 3.10. The van der Waals surface area contributed by atoms with Crippen molar-refractivity contribution in [1.29, 1.82) is 0 Å². The van der Waals surface area contributed by atoms with E-state index >= 15 is 0 Å². The number of amides is 1. The minimum absolute atomic E-state index is 0.000899. The van der Waals surface area contributed by atoms with Crippen molar-refractivity contribution < 1.29 is 14.3 Å². The van der Waals surface area contributed by atoms with Crippen molar-refractivity contribution in [3.05, 3.63) is 65.2 Å². The van der Waals surface area contributed by atoms with Crippen molar-refractivity contribution in [2.24, 2.45) is 0 Å². The number of esters is 1. The Kier molecular flexibility index (Phi) is 5.68. The number of methoxy groups -OCH3 is 1. The van der Waals surface area contributed by atoms with Gasteiger partial charge in [-0.05, 0) is 56.1 Å². The number of benzene rings is 2. The molecule has 0 aromatic heterocycles. The fourth-order valence-electron chi connectivity index (χ4n) is 3.39. The molecule has 2 aromatic rings. The molecule has 0 radical (unpaired) electrons. The van der Waals surface area contributed by atoms with Gasteiger partial charge in [0, 0.05) is 12.2 Å². The number of hydrogen-bond acceptors (Lipinski definition) is 4. The van der Waals surface area contributed by atoms with Crippen LogP contribution >= 0.6 is 0 Å². The lowest BCUT2D eigenvalue weighted by Gasteiger charge is -2.24. The van der Waals surface area contributed by atoms with Crippen molar-refractivity contribution in [2.45, 2.75) is 32.4 Å². The second-order valence-electron chi connectivity index (χ2n) is 6.68. The van der Waals surface area contributed by atoms with Gasteiger partial charge >= 0.3 is 5.97 Å². The molecule has 1 N–H and O–H groups in total. The van der Waals surface area contributed by atoms with Gasteiger partial charge in [-0.3, -0.25) is 9.69 Å². The van der Waals surface area contributed by atoms with Gasteiger partial charge in [0.15, 0.2) is 0 Å². The van der Waals surface area contributed by atoms with Gasteiger partial charge in [0.05, 0.1) is 18.7 Å². The molecule has 1 saturated heterocycles. The molecular formula is C21H24N2O3. The molecule has 26 heavy (non-hydrogen) atoms. The monoisotopic (exact) mass is 352 g/mol. The minimum Gasteiger partial charge on any atom is -0.465 e. The van der Waals surface area contributed by atoms with Crippen molar-refractivity contribution in [3.63, 3.8) is 0 Å². The van der Waals surface area contributed by atoms with Crippen molar-refractivity contribution in [1.82, 2.24) is 4.90 Å². The maximum atomic E-state index is 12.7. The maximum absolute atomic E-state index is 12.7. The predicted octanol–water partition coefficient (Wildman–Crippen LogP) is 3.38. The number of hydrogen-bond donors (Lipinski definition) is 1. The summed E-state index contributed by atoms with van der Waals surface area (Å²) in [4.78, 5) is 26.4. The summed E-state index contributed by atoms with van der Waals surface area (Å²) in [6, 6.07) is 15.0. The van der Waals surface area contributed by atoms with Crippen LogP contribution in [0.15, 0.2) is 48.5 Å². The number of anilines is 1. The molecule has 1 atom stereocenters. The van der Waals surface area contributed by atoms with Gasteiger partial charge in [0.25, 0.3) is 0 Å². The second-order valence-corrected chi connectivity index (χ2v) is 6.68. The van der Waals surface area contributed by atoms with Crippen LogP contribution in [0.5, 0.6) is 0 Å². The van der Waals surface area contributed by atoms with Gasteiger partial charge in [0.1, 0.15) is 0 Å². The first kappa shape index (κ1) is 18.1. The summed E-state index contributed by atoms with van der Waals surface area (Å²) in [6.07, 6.45) is 1.88. The topological polar surface area (TPSA) is 58.6 Å². The summed E-state index contributed by atoms with van der Waals surface area (Å²) in [5, 5.41) is 2.96. The SMILES string of the molecule is COC(=O)c1ccc(NC(=O)C2CCCN2Cc2cccc(C)c2)cc1.